The van der Waals surface area contributed by atoms with E-state index in [0.29, 0.717) is 62.1 Å². The van der Waals surface area contributed by atoms with E-state index in [2.05, 4.69) is 22.8 Å². The van der Waals surface area contributed by atoms with Gasteiger partial charge in [-0.3, -0.25) is 19.7 Å². The predicted molar refractivity (Wildman–Crippen MR) is 123 cm³/mol. The first-order chi connectivity index (χ1) is 16.5. The summed E-state index contributed by atoms with van der Waals surface area (Å²) in [5.41, 5.74) is 1.03. The van der Waals surface area contributed by atoms with Gasteiger partial charge in [0.15, 0.2) is 5.78 Å². The minimum Gasteiger partial charge on any atom is -0.468 e. The van der Waals surface area contributed by atoms with Crippen LogP contribution in [0.5, 0.6) is 0 Å². The summed E-state index contributed by atoms with van der Waals surface area (Å²) in [6.45, 7) is 0.919. The number of piperidine rings is 1. The molecule has 2 saturated heterocycles. The zero-order valence-corrected chi connectivity index (χ0v) is 19.1. The van der Waals surface area contributed by atoms with Gasteiger partial charge in [-0.15, -0.1) is 0 Å². The highest BCUT2D eigenvalue weighted by atomic mass is 16.3. The molecule has 178 valence electrons. The zero-order chi connectivity index (χ0) is 23.7. The Labute approximate surface area is 198 Å². The lowest BCUT2D eigenvalue weighted by Gasteiger charge is -2.40. The smallest absolute Gasteiger partial charge is 0.322 e. The van der Waals surface area contributed by atoms with E-state index in [4.69, 9.17) is 4.42 Å². The minimum absolute atomic E-state index is 0.0315. The SMILES string of the molecule is O=C1NC(=O)[C@](CCCc2ccccc2)(C2CCN(C(=O)c3coc4c3C(=O)CCC4)CC2)N1. The van der Waals surface area contributed by atoms with Crippen LogP contribution in [-0.2, 0) is 17.6 Å². The van der Waals surface area contributed by atoms with E-state index in [0.717, 1.165) is 19.3 Å². The molecular weight excluding hydrogens is 434 g/mol. The average Bonchev–Trinajstić information content (AvgIpc) is 3.41. The van der Waals surface area contributed by atoms with Gasteiger partial charge in [0.1, 0.15) is 17.6 Å². The number of furan rings is 1. The molecule has 8 heteroatoms. The summed E-state index contributed by atoms with van der Waals surface area (Å²) in [4.78, 5) is 52.3. The second-order valence-electron chi connectivity index (χ2n) is 9.51. The Morgan fingerprint density at radius 3 is 2.56 bits per heavy atom. The van der Waals surface area contributed by atoms with E-state index in [1.165, 1.54) is 11.8 Å². The maximum absolute atomic E-state index is 13.2. The van der Waals surface area contributed by atoms with Crippen LogP contribution in [0.15, 0.2) is 41.0 Å². The molecule has 1 aromatic carbocycles. The number of urea groups is 1. The van der Waals surface area contributed by atoms with Crippen molar-refractivity contribution in [2.75, 3.05) is 13.1 Å². The highest BCUT2D eigenvalue weighted by Gasteiger charge is 2.52. The standard InChI is InChI=1S/C26H29N3O5/c30-20-9-4-10-21-22(20)19(16-34-21)23(31)29-14-11-18(12-15-29)26(24(32)27-25(33)28-26)13-5-8-17-6-2-1-3-7-17/h1-3,6-7,16,18H,4-5,8-15H2,(H2,27,28,32,33)/t26-/m0/s1. The number of fused-ring (bicyclic) bond motifs is 1. The van der Waals surface area contributed by atoms with E-state index in [1.54, 1.807) is 4.90 Å². The largest absolute Gasteiger partial charge is 0.468 e. The number of carbonyl (C=O) groups excluding carboxylic acids is 4. The molecule has 2 aliphatic heterocycles. The zero-order valence-electron chi connectivity index (χ0n) is 19.1. The molecule has 34 heavy (non-hydrogen) atoms. The Morgan fingerprint density at radius 2 is 1.85 bits per heavy atom. The van der Waals surface area contributed by atoms with Crippen LogP contribution in [0.4, 0.5) is 4.79 Å². The van der Waals surface area contributed by atoms with Gasteiger partial charge in [-0.2, -0.15) is 0 Å². The number of hydrogen-bond acceptors (Lipinski definition) is 5. The number of rotatable bonds is 6. The van der Waals surface area contributed by atoms with Gasteiger partial charge in [0.2, 0.25) is 0 Å². The van der Waals surface area contributed by atoms with Gasteiger partial charge in [0.25, 0.3) is 11.8 Å². The molecule has 1 atom stereocenters. The Balaban J connectivity index is 1.26. The van der Waals surface area contributed by atoms with Crippen molar-refractivity contribution < 1.29 is 23.6 Å². The molecule has 0 radical (unpaired) electrons. The van der Waals surface area contributed by atoms with Crippen LogP contribution in [0.1, 0.15) is 70.6 Å². The normalized spacial score (nSPS) is 22.9. The summed E-state index contributed by atoms with van der Waals surface area (Å²) in [5, 5.41) is 5.36. The number of benzene rings is 1. The van der Waals surface area contributed by atoms with Gasteiger partial charge in [0, 0.05) is 25.9 Å². The number of imide groups is 1. The lowest BCUT2D eigenvalue weighted by atomic mass is 9.74. The van der Waals surface area contributed by atoms with E-state index >= 15 is 0 Å². The number of aryl methyl sites for hydroxylation is 2. The third-order valence-corrected chi connectivity index (χ3v) is 7.51. The molecular formula is C26H29N3O5. The maximum atomic E-state index is 13.2. The highest BCUT2D eigenvalue weighted by Crippen LogP contribution is 2.36. The fourth-order valence-electron chi connectivity index (χ4n) is 5.71. The Bertz CT molecular complexity index is 1120. The third kappa shape index (κ3) is 4.02. The molecule has 2 fully saturated rings. The molecule has 3 heterocycles. The Morgan fingerprint density at radius 1 is 1.09 bits per heavy atom. The van der Waals surface area contributed by atoms with Crippen LogP contribution in [0.2, 0.25) is 0 Å². The van der Waals surface area contributed by atoms with Gasteiger partial charge in [-0.1, -0.05) is 30.3 Å². The molecule has 0 bridgehead atoms. The number of Topliss-reactive ketones (excluding diaryl/α,β-unsaturated/α-hetero) is 1. The summed E-state index contributed by atoms with van der Waals surface area (Å²) < 4.78 is 5.53. The number of hydrogen-bond donors (Lipinski definition) is 2. The Kier molecular flexibility index (Phi) is 5.98. The van der Waals surface area contributed by atoms with Gasteiger partial charge in [0.05, 0.1) is 11.1 Å². The first kappa shape index (κ1) is 22.4. The molecule has 8 nitrogen and oxygen atoms in total. The third-order valence-electron chi connectivity index (χ3n) is 7.51. The first-order valence-corrected chi connectivity index (χ1v) is 12.1. The molecule has 0 unspecified atom stereocenters. The van der Waals surface area contributed by atoms with Gasteiger partial charge >= 0.3 is 6.03 Å². The lowest BCUT2D eigenvalue weighted by Crippen LogP contribution is -2.56. The highest BCUT2D eigenvalue weighted by molar-refractivity contribution is 6.09. The van der Waals surface area contributed by atoms with Crippen LogP contribution in [0.25, 0.3) is 0 Å². The van der Waals surface area contributed by atoms with E-state index < -0.39 is 11.6 Å². The molecule has 3 aliphatic rings. The van der Waals surface area contributed by atoms with Crippen molar-refractivity contribution in [3.63, 3.8) is 0 Å². The fraction of sp³-hybridized carbons (Fsp3) is 0.462. The van der Waals surface area contributed by atoms with E-state index in [9.17, 15) is 19.2 Å². The Hall–Kier alpha value is -3.42. The number of nitrogens with zero attached hydrogens (tertiary/aromatic N) is 1. The monoisotopic (exact) mass is 463 g/mol. The number of amides is 4. The molecule has 0 spiro atoms. The number of nitrogens with one attached hydrogen (secondary N) is 2. The van der Waals surface area contributed by atoms with Crippen molar-refractivity contribution in [1.82, 2.24) is 15.5 Å². The van der Waals surface area contributed by atoms with E-state index in [-0.39, 0.29) is 23.5 Å². The van der Waals surface area contributed by atoms with Crippen molar-refractivity contribution in [2.24, 2.45) is 5.92 Å². The van der Waals surface area contributed by atoms with Crippen LogP contribution in [0.3, 0.4) is 0 Å². The van der Waals surface area contributed by atoms with Crippen molar-refractivity contribution in [1.29, 1.82) is 0 Å². The van der Waals surface area contributed by atoms with Crippen LogP contribution in [0, 0.1) is 5.92 Å². The van der Waals surface area contributed by atoms with Gasteiger partial charge < -0.3 is 14.6 Å². The number of likely N-dealkylation sites (tertiary alicyclic amines) is 1. The van der Waals surface area contributed by atoms with Crippen molar-refractivity contribution in [3.05, 3.63) is 59.0 Å². The summed E-state index contributed by atoms with van der Waals surface area (Å²) >= 11 is 0. The van der Waals surface area contributed by atoms with Crippen molar-refractivity contribution >= 4 is 23.6 Å². The van der Waals surface area contributed by atoms with Gasteiger partial charge in [-0.25, -0.2) is 4.79 Å². The molecule has 1 aromatic heterocycles. The second kappa shape index (κ2) is 9.08. The summed E-state index contributed by atoms with van der Waals surface area (Å²) in [7, 11) is 0. The summed E-state index contributed by atoms with van der Waals surface area (Å²) in [5.74, 6) is 0.0355. The molecule has 0 saturated carbocycles. The fourth-order valence-corrected chi connectivity index (χ4v) is 5.71. The van der Waals surface area contributed by atoms with Crippen LogP contribution < -0.4 is 10.6 Å². The maximum Gasteiger partial charge on any atom is 0.322 e. The summed E-state index contributed by atoms with van der Waals surface area (Å²) in [6, 6.07) is 9.62. The minimum atomic E-state index is -0.953. The topological polar surface area (TPSA) is 109 Å². The van der Waals surface area contributed by atoms with Gasteiger partial charge in [-0.05, 0) is 50.0 Å². The van der Waals surface area contributed by atoms with E-state index in [1.807, 2.05) is 18.2 Å². The molecule has 2 aromatic rings. The van der Waals surface area contributed by atoms with Crippen LogP contribution >= 0.6 is 0 Å². The average molecular weight is 464 g/mol. The lowest BCUT2D eigenvalue weighted by molar-refractivity contribution is -0.127. The number of ketones is 1. The molecule has 4 amide bonds. The van der Waals surface area contributed by atoms with Crippen LogP contribution in [-0.4, -0.2) is 47.2 Å². The quantitative estimate of drug-likeness (QED) is 0.640. The first-order valence-electron chi connectivity index (χ1n) is 12.1. The molecule has 1 aliphatic carbocycles. The predicted octanol–water partition coefficient (Wildman–Crippen LogP) is 3.25. The summed E-state index contributed by atoms with van der Waals surface area (Å²) in [6.07, 6.45) is 6.60. The molecule has 5 rings (SSSR count). The number of carbonyl (C=O) groups is 4. The molecule has 2 N–H and O–H groups in total. The van der Waals surface area contributed by atoms with Crippen molar-refractivity contribution in [2.45, 2.75) is 56.9 Å². The second-order valence-corrected chi connectivity index (χ2v) is 9.51. The van der Waals surface area contributed by atoms with Crippen molar-refractivity contribution in [3.8, 4) is 0 Å².